The maximum absolute atomic E-state index is 12.3. The number of nitrogens with one attached hydrogen (secondary N) is 2. The molecule has 0 heterocycles. The summed E-state index contributed by atoms with van der Waals surface area (Å²) in [6.07, 6.45) is 0. The molecule has 0 aliphatic rings. The molecule has 0 fully saturated rings. The van der Waals surface area contributed by atoms with Crippen molar-refractivity contribution in [3.63, 3.8) is 0 Å². The van der Waals surface area contributed by atoms with Crippen molar-refractivity contribution >= 4 is 17.3 Å². The lowest BCUT2D eigenvalue weighted by Crippen LogP contribution is -2.29. The summed E-state index contributed by atoms with van der Waals surface area (Å²) in [7, 11) is 2.99. The maximum Gasteiger partial charge on any atom is 0.292 e. The van der Waals surface area contributed by atoms with Gasteiger partial charge in [0.25, 0.3) is 11.6 Å². The third kappa shape index (κ3) is 4.60. The molecular formula is C17H19N3O5. The Labute approximate surface area is 144 Å². The molecule has 8 heteroatoms. The number of carbonyl (C=O) groups excluding carboxylic acids is 1. The van der Waals surface area contributed by atoms with E-state index in [1.54, 1.807) is 36.4 Å². The summed E-state index contributed by atoms with van der Waals surface area (Å²) in [5.41, 5.74) is 0.747. The summed E-state index contributed by atoms with van der Waals surface area (Å²) in [6, 6.07) is 11.3. The monoisotopic (exact) mass is 345 g/mol. The number of hydrogen-bond acceptors (Lipinski definition) is 6. The topological polar surface area (TPSA) is 103 Å². The molecular weight excluding hydrogens is 326 g/mol. The van der Waals surface area contributed by atoms with Gasteiger partial charge >= 0.3 is 0 Å². The van der Waals surface area contributed by atoms with Crippen LogP contribution in [0.1, 0.15) is 10.4 Å². The standard InChI is InChI=1S/C17H19N3O5/c1-24-12-7-8-16(25-2)13(11-12)17(21)19-10-9-18-14-5-3-4-6-15(14)20(22)23/h3-8,11,18H,9-10H2,1-2H3,(H,19,21). The van der Waals surface area contributed by atoms with Crippen LogP contribution in [0.15, 0.2) is 42.5 Å². The molecule has 1 amide bonds. The number of benzene rings is 2. The molecule has 0 aromatic heterocycles. The van der Waals surface area contributed by atoms with E-state index in [-0.39, 0.29) is 18.1 Å². The third-order valence-corrected chi connectivity index (χ3v) is 3.48. The fourth-order valence-electron chi connectivity index (χ4n) is 2.24. The number of rotatable bonds is 8. The van der Waals surface area contributed by atoms with Crippen molar-refractivity contribution in [1.29, 1.82) is 0 Å². The van der Waals surface area contributed by atoms with Crippen LogP contribution in [-0.2, 0) is 0 Å². The maximum atomic E-state index is 12.3. The first-order valence-electron chi connectivity index (χ1n) is 7.54. The first-order valence-corrected chi connectivity index (χ1v) is 7.54. The van der Waals surface area contributed by atoms with Crippen LogP contribution in [0.4, 0.5) is 11.4 Å². The van der Waals surface area contributed by atoms with E-state index in [1.807, 2.05) is 0 Å². The Morgan fingerprint density at radius 1 is 1.12 bits per heavy atom. The Hall–Kier alpha value is -3.29. The summed E-state index contributed by atoms with van der Waals surface area (Å²) >= 11 is 0. The molecule has 0 saturated heterocycles. The van der Waals surface area contributed by atoms with Gasteiger partial charge in [-0.05, 0) is 24.3 Å². The Morgan fingerprint density at radius 3 is 2.56 bits per heavy atom. The first kappa shape index (κ1) is 18.1. The van der Waals surface area contributed by atoms with Gasteiger partial charge < -0.3 is 20.1 Å². The molecule has 25 heavy (non-hydrogen) atoms. The molecule has 0 spiro atoms. The number of para-hydroxylation sites is 2. The molecule has 2 aromatic carbocycles. The number of nitro groups is 1. The molecule has 0 aliphatic carbocycles. The molecule has 2 aromatic rings. The van der Waals surface area contributed by atoms with Gasteiger partial charge in [0.15, 0.2) is 0 Å². The predicted octanol–water partition coefficient (Wildman–Crippen LogP) is 2.45. The lowest BCUT2D eigenvalue weighted by molar-refractivity contribution is -0.384. The van der Waals surface area contributed by atoms with Crippen LogP contribution < -0.4 is 20.1 Å². The highest BCUT2D eigenvalue weighted by molar-refractivity contribution is 5.97. The minimum atomic E-state index is -0.456. The highest BCUT2D eigenvalue weighted by Gasteiger charge is 2.14. The summed E-state index contributed by atoms with van der Waals surface area (Å²) in [6.45, 7) is 0.619. The van der Waals surface area contributed by atoms with Crippen LogP contribution in [0.5, 0.6) is 11.5 Å². The van der Waals surface area contributed by atoms with Gasteiger partial charge in [-0.25, -0.2) is 0 Å². The van der Waals surface area contributed by atoms with Crippen molar-refractivity contribution in [3.8, 4) is 11.5 Å². The van der Waals surface area contributed by atoms with Gasteiger partial charge in [-0.15, -0.1) is 0 Å². The highest BCUT2D eigenvalue weighted by atomic mass is 16.6. The summed E-state index contributed by atoms with van der Waals surface area (Å²) in [4.78, 5) is 22.8. The molecule has 0 bridgehead atoms. The van der Waals surface area contributed by atoms with Gasteiger partial charge in [0.1, 0.15) is 17.2 Å². The van der Waals surface area contributed by atoms with Crippen molar-refractivity contribution in [2.75, 3.05) is 32.6 Å². The van der Waals surface area contributed by atoms with Crippen LogP contribution in [0, 0.1) is 10.1 Å². The van der Waals surface area contributed by atoms with Crippen LogP contribution in [0.25, 0.3) is 0 Å². The summed E-state index contributed by atoms with van der Waals surface area (Å²) in [5, 5.41) is 16.6. The second-order valence-corrected chi connectivity index (χ2v) is 5.02. The zero-order chi connectivity index (χ0) is 18.2. The average molecular weight is 345 g/mol. The molecule has 0 unspecified atom stereocenters. The number of nitrogens with zero attached hydrogens (tertiary/aromatic N) is 1. The molecule has 0 saturated carbocycles. The van der Waals surface area contributed by atoms with Gasteiger partial charge in [-0.1, -0.05) is 12.1 Å². The van der Waals surface area contributed by atoms with Gasteiger partial charge in [0.2, 0.25) is 0 Å². The second kappa shape index (κ2) is 8.53. The van der Waals surface area contributed by atoms with Crippen molar-refractivity contribution in [2.24, 2.45) is 0 Å². The van der Waals surface area contributed by atoms with Crippen LogP contribution >= 0.6 is 0 Å². The van der Waals surface area contributed by atoms with Gasteiger partial charge in [-0.3, -0.25) is 14.9 Å². The minimum absolute atomic E-state index is 0.0108. The zero-order valence-electron chi connectivity index (χ0n) is 13.9. The van der Waals surface area contributed by atoms with E-state index in [1.165, 1.54) is 20.3 Å². The van der Waals surface area contributed by atoms with E-state index in [0.29, 0.717) is 29.3 Å². The second-order valence-electron chi connectivity index (χ2n) is 5.02. The number of carbonyl (C=O) groups is 1. The third-order valence-electron chi connectivity index (χ3n) is 3.48. The Morgan fingerprint density at radius 2 is 1.88 bits per heavy atom. The van der Waals surface area contributed by atoms with E-state index in [0.717, 1.165) is 0 Å². The molecule has 8 nitrogen and oxygen atoms in total. The summed E-state index contributed by atoms with van der Waals surface area (Å²) < 4.78 is 10.3. The first-order chi connectivity index (χ1) is 12.1. The molecule has 132 valence electrons. The van der Waals surface area contributed by atoms with Gasteiger partial charge in [0.05, 0.1) is 24.7 Å². The van der Waals surface area contributed by atoms with Gasteiger partial charge in [-0.2, -0.15) is 0 Å². The normalized spacial score (nSPS) is 10.0. The summed E-state index contributed by atoms with van der Waals surface area (Å²) in [5.74, 6) is 0.661. The predicted molar refractivity (Wildman–Crippen MR) is 93.5 cm³/mol. The number of nitro benzene ring substituents is 1. The molecule has 2 N–H and O–H groups in total. The largest absolute Gasteiger partial charge is 0.497 e. The van der Waals surface area contributed by atoms with Crippen LogP contribution in [0.3, 0.4) is 0 Å². The lowest BCUT2D eigenvalue weighted by atomic mass is 10.1. The quantitative estimate of drug-likeness (QED) is 0.433. The molecule has 0 atom stereocenters. The van der Waals surface area contributed by atoms with Crippen molar-refractivity contribution in [2.45, 2.75) is 0 Å². The van der Waals surface area contributed by atoms with E-state index < -0.39 is 4.92 Å². The smallest absolute Gasteiger partial charge is 0.292 e. The number of ether oxygens (including phenoxy) is 2. The lowest BCUT2D eigenvalue weighted by Gasteiger charge is -2.11. The number of hydrogen-bond donors (Lipinski definition) is 2. The SMILES string of the molecule is COc1ccc(OC)c(C(=O)NCCNc2ccccc2[N+](=O)[O-])c1. The zero-order valence-corrected chi connectivity index (χ0v) is 13.9. The fourth-order valence-corrected chi connectivity index (χ4v) is 2.24. The van der Waals surface area contributed by atoms with Crippen LogP contribution in [0.2, 0.25) is 0 Å². The average Bonchev–Trinajstić information content (AvgIpc) is 2.64. The van der Waals surface area contributed by atoms with E-state index in [2.05, 4.69) is 10.6 Å². The molecule has 2 rings (SSSR count). The number of anilines is 1. The van der Waals surface area contributed by atoms with Crippen molar-refractivity contribution < 1.29 is 19.2 Å². The van der Waals surface area contributed by atoms with Crippen LogP contribution in [-0.4, -0.2) is 38.1 Å². The number of amides is 1. The number of methoxy groups -OCH3 is 2. The van der Waals surface area contributed by atoms with Crippen molar-refractivity contribution in [1.82, 2.24) is 5.32 Å². The Balaban J connectivity index is 1.94. The Bertz CT molecular complexity index is 764. The van der Waals surface area contributed by atoms with E-state index in [9.17, 15) is 14.9 Å². The highest BCUT2D eigenvalue weighted by Crippen LogP contribution is 2.24. The van der Waals surface area contributed by atoms with E-state index >= 15 is 0 Å². The van der Waals surface area contributed by atoms with Gasteiger partial charge in [0, 0.05) is 19.2 Å². The van der Waals surface area contributed by atoms with Crippen molar-refractivity contribution in [3.05, 3.63) is 58.1 Å². The Kier molecular flexibility index (Phi) is 6.16. The van der Waals surface area contributed by atoms with E-state index in [4.69, 9.17) is 9.47 Å². The molecule has 0 radical (unpaired) electrons. The fraction of sp³-hybridized carbons (Fsp3) is 0.235. The molecule has 0 aliphatic heterocycles. The minimum Gasteiger partial charge on any atom is -0.497 e.